The Balaban J connectivity index is 0.00000196. The molecule has 0 radical (unpaired) electrons. The maximum Gasteiger partial charge on any atom is 0.390 e. The molecule has 7 heteroatoms. The van der Waals surface area contributed by atoms with Gasteiger partial charge in [0.05, 0.1) is 6.42 Å². The van der Waals surface area contributed by atoms with Crippen molar-refractivity contribution in [1.29, 1.82) is 0 Å². The lowest BCUT2D eigenvalue weighted by molar-refractivity contribution is -0.138. The second-order valence-electron chi connectivity index (χ2n) is 2.81. The van der Waals surface area contributed by atoms with Crippen molar-refractivity contribution in [1.82, 2.24) is 4.98 Å². The molecule has 1 rings (SSSR count). The minimum Gasteiger partial charge on any atom is -0.324 e. The molecule has 0 aliphatic rings. The van der Waals surface area contributed by atoms with Gasteiger partial charge in [-0.2, -0.15) is 13.2 Å². The number of nitrogens with two attached hydrogens (primary N) is 1. The van der Waals surface area contributed by atoms with Crippen molar-refractivity contribution in [3.8, 4) is 0 Å². The van der Waals surface area contributed by atoms with Gasteiger partial charge in [-0.25, -0.2) is 4.98 Å². The first-order valence-electron chi connectivity index (χ1n) is 3.83. The van der Waals surface area contributed by atoms with Crippen LogP contribution in [-0.4, -0.2) is 11.2 Å². The number of halogens is 5. The van der Waals surface area contributed by atoms with Crippen LogP contribution in [0.4, 0.5) is 13.2 Å². The summed E-state index contributed by atoms with van der Waals surface area (Å²) in [5.74, 6) is 0. The largest absolute Gasteiger partial charge is 0.390 e. The van der Waals surface area contributed by atoms with Crippen molar-refractivity contribution in [2.45, 2.75) is 18.6 Å². The third kappa shape index (κ3) is 4.68. The molecule has 0 aliphatic carbocycles. The van der Waals surface area contributed by atoms with E-state index in [1.807, 2.05) is 0 Å². The van der Waals surface area contributed by atoms with Gasteiger partial charge in [0.1, 0.15) is 5.15 Å². The normalized spacial score (nSPS) is 13.1. The van der Waals surface area contributed by atoms with Gasteiger partial charge in [-0.3, -0.25) is 0 Å². The smallest absolute Gasteiger partial charge is 0.324 e. The number of aromatic nitrogens is 1. The summed E-state index contributed by atoms with van der Waals surface area (Å²) in [6.07, 6.45) is -4.00. The molecular formula is C8H9Cl2F3N2. The average Bonchev–Trinajstić information content (AvgIpc) is 2.01. The topological polar surface area (TPSA) is 38.9 Å². The highest BCUT2D eigenvalue weighted by Crippen LogP contribution is 2.30. The Labute approximate surface area is 96.0 Å². The van der Waals surface area contributed by atoms with Crippen LogP contribution >= 0.6 is 24.0 Å². The summed E-state index contributed by atoms with van der Waals surface area (Å²) >= 11 is 5.59. The monoisotopic (exact) mass is 260 g/mol. The van der Waals surface area contributed by atoms with Gasteiger partial charge in [0.2, 0.25) is 0 Å². The summed E-state index contributed by atoms with van der Waals surface area (Å²) in [5, 5.41) is 0.0178. The molecule has 1 aromatic heterocycles. The molecule has 0 amide bonds. The zero-order chi connectivity index (χ0) is 10.8. The SMILES string of the molecule is Cl.N[C@@H](CC(F)(F)F)c1cccnc1Cl. The fourth-order valence-electron chi connectivity index (χ4n) is 1.03. The molecule has 0 unspecified atom stereocenters. The molecule has 0 saturated carbocycles. The van der Waals surface area contributed by atoms with E-state index < -0.39 is 18.6 Å². The van der Waals surface area contributed by atoms with Gasteiger partial charge >= 0.3 is 6.18 Å². The van der Waals surface area contributed by atoms with Crippen molar-refractivity contribution >= 4 is 24.0 Å². The summed E-state index contributed by atoms with van der Waals surface area (Å²) in [6, 6.07) is 1.78. The predicted octanol–water partition coefficient (Wildman–Crippen LogP) is 3.11. The number of hydrogen-bond acceptors (Lipinski definition) is 2. The Morgan fingerprint density at radius 3 is 2.53 bits per heavy atom. The molecule has 2 N–H and O–H groups in total. The molecule has 2 nitrogen and oxygen atoms in total. The van der Waals surface area contributed by atoms with Gasteiger partial charge in [-0.05, 0) is 6.07 Å². The zero-order valence-electron chi connectivity index (χ0n) is 7.46. The van der Waals surface area contributed by atoms with Crippen LogP contribution in [-0.2, 0) is 0 Å². The molecule has 0 aliphatic heterocycles. The molecule has 86 valence electrons. The fraction of sp³-hybridized carbons (Fsp3) is 0.375. The Hall–Kier alpha value is -0.520. The summed E-state index contributed by atoms with van der Waals surface area (Å²) in [6.45, 7) is 0. The van der Waals surface area contributed by atoms with Crippen molar-refractivity contribution in [2.24, 2.45) is 5.73 Å². The number of rotatable bonds is 2. The summed E-state index contributed by atoms with van der Waals surface area (Å²) in [4.78, 5) is 3.65. The van der Waals surface area contributed by atoms with Gasteiger partial charge in [0, 0.05) is 17.8 Å². The van der Waals surface area contributed by atoms with E-state index in [2.05, 4.69) is 4.98 Å². The first-order valence-corrected chi connectivity index (χ1v) is 4.20. The first-order chi connectivity index (χ1) is 6.40. The number of alkyl halides is 3. The van der Waals surface area contributed by atoms with Crippen LogP contribution in [0.15, 0.2) is 18.3 Å². The van der Waals surface area contributed by atoms with Crippen LogP contribution in [0.5, 0.6) is 0 Å². The molecule has 15 heavy (non-hydrogen) atoms. The highest BCUT2D eigenvalue weighted by atomic mass is 35.5. The Morgan fingerprint density at radius 2 is 2.07 bits per heavy atom. The van der Waals surface area contributed by atoms with E-state index in [0.29, 0.717) is 0 Å². The summed E-state index contributed by atoms with van der Waals surface area (Å²) in [5.41, 5.74) is 5.55. The molecule has 0 aromatic carbocycles. The van der Waals surface area contributed by atoms with Crippen molar-refractivity contribution < 1.29 is 13.2 Å². The van der Waals surface area contributed by atoms with Crippen LogP contribution in [0.1, 0.15) is 18.0 Å². The van der Waals surface area contributed by atoms with E-state index >= 15 is 0 Å². The Kier molecular flexibility index (Phi) is 5.34. The maximum absolute atomic E-state index is 12.0. The van der Waals surface area contributed by atoms with Gasteiger partial charge in [0.25, 0.3) is 0 Å². The zero-order valence-corrected chi connectivity index (χ0v) is 9.03. The van der Waals surface area contributed by atoms with E-state index in [0.717, 1.165) is 0 Å². The molecular weight excluding hydrogens is 252 g/mol. The summed E-state index contributed by atoms with van der Waals surface area (Å²) in [7, 11) is 0. The lowest BCUT2D eigenvalue weighted by Gasteiger charge is -2.14. The quantitative estimate of drug-likeness (QED) is 0.831. The Morgan fingerprint density at radius 1 is 1.47 bits per heavy atom. The fourth-order valence-corrected chi connectivity index (χ4v) is 1.29. The molecule has 0 bridgehead atoms. The van der Waals surface area contributed by atoms with Crippen molar-refractivity contribution in [3.63, 3.8) is 0 Å². The van der Waals surface area contributed by atoms with Gasteiger partial charge in [-0.15, -0.1) is 12.4 Å². The standard InChI is InChI=1S/C8H8ClF3N2.ClH/c9-7-5(2-1-3-14-7)6(13)4-8(10,11)12;/h1-3,6H,4,13H2;1H/t6-;/m0./s1. The van der Waals surface area contributed by atoms with E-state index in [-0.39, 0.29) is 23.1 Å². The van der Waals surface area contributed by atoms with E-state index in [4.69, 9.17) is 17.3 Å². The highest BCUT2D eigenvalue weighted by Gasteiger charge is 2.31. The number of hydrogen-bond donors (Lipinski definition) is 1. The molecule has 0 saturated heterocycles. The first kappa shape index (κ1) is 14.5. The van der Waals surface area contributed by atoms with Crippen molar-refractivity contribution in [3.05, 3.63) is 29.0 Å². The van der Waals surface area contributed by atoms with Crippen LogP contribution in [0, 0.1) is 0 Å². The van der Waals surface area contributed by atoms with Crippen LogP contribution in [0.3, 0.4) is 0 Å². The molecule has 0 spiro atoms. The molecule has 1 heterocycles. The highest BCUT2D eigenvalue weighted by molar-refractivity contribution is 6.30. The minimum atomic E-state index is -4.29. The lowest BCUT2D eigenvalue weighted by Crippen LogP contribution is -2.20. The van der Waals surface area contributed by atoms with E-state index in [1.54, 1.807) is 0 Å². The average molecular weight is 261 g/mol. The molecule has 0 fully saturated rings. The predicted molar refractivity (Wildman–Crippen MR) is 54.1 cm³/mol. The van der Waals surface area contributed by atoms with Crippen LogP contribution in [0.2, 0.25) is 5.15 Å². The second kappa shape index (κ2) is 5.53. The van der Waals surface area contributed by atoms with Crippen molar-refractivity contribution in [2.75, 3.05) is 0 Å². The third-order valence-corrected chi connectivity index (χ3v) is 1.95. The number of nitrogens with zero attached hydrogens (tertiary/aromatic N) is 1. The number of pyridine rings is 1. The van der Waals surface area contributed by atoms with Crippen LogP contribution in [0.25, 0.3) is 0 Å². The van der Waals surface area contributed by atoms with Gasteiger partial charge in [0.15, 0.2) is 0 Å². The summed E-state index contributed by atoms with van der Waals surface area (Å²) < 4.78 is 35.9. The van der Waals surface area contributed by atoms with E-state index in [1.165, 1.54) is 18.3 Å². The van der Waals surface area contributed by atoms with Gasteiger partial charge < -0.3 is 5.73 Å². The molecule has 1 aromatic rings. The van der Waals surface area contributed by atoms with E-state index in [9.17, 15) is 13.2 Å². The van der Waals surface area contributed by atoms with Crippen LogP contribution < -0.4 is 5.73 Å². The maximum atomic E-state index is 12.0. The third-order valence-electron chi connectivity index (χ3n) is 1.64. The lowest BCUT2D eigenvalue weighted by atomic mass is 10.1. The Bertz CT molecular complexity index is 317. The minimum absolute atomic E-state index is 0. The molecule has 1 atom stereocenters. The van der Waals surface area contributed by atoms with Gasteiger partial charge in [-0.1, -0.05) is 17.7 Å². The second-order valence-corrected chi connectivity index (χ2v) is 3.17.